The molecule has 1 aliphatic heterocycles. The third-order valence-corrected chi connectivity index (χ3v) is 5.00. The first kappa shape index (κ1) is 18.4. The molecule has 0 saturated heterocycles. The average Bonchev–Trinajstić information content (AvgIpc) is 2.93. The van der Waals surface area contributed by atoms with Crippen molar-refractivity contribution in [2.24, 2.45) is 5.10 Å². The monoisotopic (exact) mass is 411 g/mol. The van der Waals surface area contributed by atoms with Crippen LogP contribution in [0.25, 0.3) is 6.08 Å². The molecule has 26 heavy (non-hydrogen) atoms. The van der Waals surface area contributed by atoms with Gasteiger partial charge in [0.05, 0.1) is 17.0 Å². The number of benzene rings is 2. The summed E-state index contributed by atoms with van der Waals surface area (Å²) in [6.07, 6.45) is 1.91. The van der Waals surface area contributed by atoms with Crippen LogP contribution in [-0.4, -0.2) is 24.7 Å². The van der Waals surface area contributed by atoms with Gasteiger partial charge in [-0.25, -0.2) is 0 Å². The molecule has 1 amide bonds. The summed E-state index contributed by atoms with van der Waals surface area (Å²) in [5, 5.41) is 5.88. The van der Waals surface area contributed by atoms with Crippen molar-refractivity contribution in [2.45, 2.75) is 20.8 Å². The Bertz CT molecular complexity index is 850. The SMILES string of the molecule is CCN(CC)c1ccc(/C=C2/C(=O)N(c3ccc(Br)cc3)N=C2C)cc1. The number of carbonyl (C=O) groups is 1. The van der Waals surface area contributed by atoms with Gasteiger partial charge in [0.25, 0.3) is 5.91 Å². The molecule has 0 aromatic heterocycles. The molecule has 4 nitrogen and oxygen atoms in total. The van der Waals surface area contributed by atoms with Crippen LogP contribution in [-0.2, 0) is 4.79 Å². The largest absolute Gasteiger partial charge is 0.372 e. The van der Waals surface area contributed by atoms with E-state index in [0.717, 1.165) is 34.5 Å². The number of rotatable bonds is 5. The van der Waals surface area contributed by atoms with Gasteiger partial charge in [0, 0.05) is 23.2 Å². The van der Waals surface area contributed by atoms with E-state index in [9.17, 15) is 4.79 Å². The summed E-state index contributed by atoms with van der Waals surface area (Å²) >= 11 is 3.41. The maximum absolute atomic E-state index is 12.8. The zero-order valence-corrected chi connectivity index (χ0v) is 16.8. The lowest BCUT2D eigenvalue weighted by Gasteiger charge is -2.20. The maximum atomic E-state index is 12.8. The molecule has 3 rings (SSSR count). The highest BCUT2D eigenvalue weighted by Crippen LogP contribution is 2.26. The summed E-state index contributed by atoms with van der Waals surface area (Å²) in [5.74, 6) is -0.0994. The van der Waals surface area contributed by atoms with Crippen LogP contribution in [0.3, 0.4) is 0 Å². The van der Waals surface area contributed by atoms with Crippen molar-refractivity contribution in [3.05, 3.63) is 64.1 Å². The molecule has 0 atom stereocenters. The van der Waals surface area contributed by atoms with Crippen LogP contribution in [0, 0.1) is 0 Å². The molecule has 1 aliphatic rings. The summed E-state index contributed by atoms with van der Waals surface area (Å²) in [6.45, 7) is 8.11. The second kappa shape index (κ2) is 7.87. The van der Waals surface area contributed by atoms with Crippen LogP contribution in [0.1, 0.15) is 26.3 Å². The fourth-order valence-corrected chi connectivity index (χ4v) is 3.24. The number of hydrazone groups is 1. The number of carbonyl (C=O) groups excluding carboxylic acids is 1. The van der Waals surface area contributed by atoms with Crippen LogP contribution in [0.2, 0.25) is 0 Å². The molecule has 0 spiro atoms. The first-order valence-corrected chi connectivity index (χ1v) is 9.55. The molecule has 2 aromatic rings. The predicted octanol–water partition coefficient (Wildman–Crippen LogP) is 5.10. The highest BCUT2D eigenvalue weighted by Gasteiger charge is 2.28. The van der Waals surface area contributed by atoms with Gasteiger partial charge in [-0.05, 0) is 68.8 Å². The van der Waals surface area contributed by atoms with Crippen molar-refractivity contribution in [3.8, 4) is 0 Å². The Kier molecular flexibility index (Phi) is 5.57. The van der Waals surface area contributed by atoms with Gasteiger partial charge in [-0.15, -0.1) is 0 Å². The number of nitrogens with zero attached hydrogens (tertiary/aromatic N) is 3. The first-order chi connectivity index (χ1) is 12.5. The number of hydrogen-bond acceptors (Lipinski definition) is 3. The van der Waals surface area contributed by atoms with E-state index in [1.165, 1.54) is 10.7 Å². The van der Waals surface area contributed by atoms with E-state index >= 15 is 0 Å². The van der Waals surface area contributed by atoms with E-state index in [1.54, 1.807) is 0 Å². The summed E-state index contributed by atoms with van der Waals surface area (Å²) < 4.78 is 0.970. The van der Waals surface area contributed by atoms with Gasteiger partial charge in [0.1, 0.15) is 0 Å². The molecular weight excluding hydrogens is 390 g/mol. The van der Waals surface area contributed by atoms with E-state index in [4.69, 9.17) is 0 Å². The van der Waals surface area contributed by atoms with Crippen LogP contribution >= 0.6 is 15.9 Å². The highest BCUT2D eigenvalue weighted by atomic mass is 79.9. The molecule has 0 aliphatic carbocycles. The first-order valence-electron chi connectivity index (χ1n) is 8.75. The number of amides is 1. The second-order valence-corrected chi connectivity index (χ2v) is 7.02. The third-order valence-electron chi connectivity index (χ3n) is 4.47. The lowest BCUT2D eigenvalue weighted by molar-refractivity contribution is -0.114. The number of halogens is 1. The fraction of sp³-hybridized carbons (Fsp3) is 0.238. The smallest absolute Gasteiger partial charge is 0.280 e. The van der Waals surface area contributed by atoms with Gasteiger partial charge < -0.3 is 4.90 Å². The lowest BCUT2D eigenvalue weighted by Crippen LogP contribution is -2.21. The van der Waals surface area contributed by atoms with Gasteiger partial charge in [-0.2, -0.15) is 10.1 Å². The van der Waals surface area contributed by atoms with Gasteiger partial charge >= 0.3 is 0 Å². The van der Waals surface area contributed by atoms with E-state index in [1.807, 2.05) is 49.4 Å². The zero-order chi connectivity index (χ0) is 18.7. The average molecular weight is 412 g/mol. The molecule has 1 heterocycles. The minimum Gasteiger partial charge on any atom is -0.372 e. The standard InChI is InChI=1S/C21H22BrN3O/c1-4-24(5-2)18-10-6-16(7-11-18)14-20-15(3)23-25(21(20)26)19-12-8-17(22)9-13-19/h6-14H,4-5H2,1-3H3/b20-14+. The molecule has 0 radical (unpaired) electrons. The van der Waals surface area contributed by atoms with Crippen LogP contribution in [0.4, 0.5) is 11.4 Å². The van der Waals surface area contributed by atoms with Crippen LogP contribution in [0.15, 0.2) is 63.7 Å². The lowest BCUT2D eigenvalue weighted by atomic mass is 10.1. The van der Waals surface area contributed by atoms with Crippen molar-refractivity contribution in [2.75, 3.05) is 23.0 Å². The third kappa shape index (κ3) is 3.73. The molecule has 134 valence electrons. The second-order valence-electron chi connectivity index (χ2n) is 6.10. The van der Waals surface area contributed by atoms with Crippen molar-refractivity contribution in [1.82, 2.24) is 0 Å². The Labute approximate surface area is 162 Å². The summed E-state index contributed by atoms with van der Waals surface area (Å²) in [6, 6.07) is 15.8. The van der Waals surface area contributed by atoms with Crippen LogP contribution in [0.5, 0.6) is 0 Å². The van der Waals surface area contributed by atoms with Crippen molar-refractivity contribution in [3.63, 3.8) is 0 Å². The zero-order valence-electron chi connectivity index (χ0n) is 15.2. The fourth-order valence-electron chi connectivity index (χ4n) is 2.98. The van der Waals surface area contributed by atoms with E-state index in [0.29, 0.717) is 5.57 Å². The minimum atomic E-state index is -0.0994. The Balaban J connectivity index is 1.84. The number of anilines is 2. The highest BCUT2D eigenvalue weighted by molar-refractivity contribution is 9.10. The molecule has 0 fully saturated rings. The van der Waals surface area contributed by atoms with Crippen LogP contribution < -0.4 is 9.91 Å². The molecule has 0 bridgehead atoms. The predicted molar refractivity (Wildman–Crippen MR) is 113 cm³/mol. The molecule has 0 unspecified atom stereocenters. The van der Waals surface area contributed by atoms with E-state index in [-0.39, 0.29) is 5.91 Å². The molecule has 0 N–H and O–H groups in total. The number of hydrogen-bond donors (Lipinski definition) is 0. The van der Waals surface area contributed by atoms with E-state index in [2.05, 4.69) is 51.9 Å². The topological polar surface area (TPSA) is 35.9 Å². The summed E-state index contributed by atoms with van der Waals surface area (Å²) in [5.41, 5.74) is 4.31. The Morgan fingerprint density at radius 3 is 2.23 bits per heavy atom. The minimum absolute atomic E-state index is 0.0994. The van der Waals surface area contributed by atoms with Crippen molar-refractivity contribution < 1.29 is 4.79 Å². The molecule has 2 aromatic carbocycles. The van der Waals surface area contributed by atoms with Gasteiger partial charge in [-0.3, -0.25) is 4.79 Å². The summed E-state index contributed by atoms with van der Waals surface area (Å²) in [7, 11) is 0. The Morgan fingerprint density at radius 1 is 1.04 bits per heavy atom. The van der Waals surface area contributed by atoms with E-state index < -0.39 is 0 Å². The van der Waals surface area contributed by atoms with Crippen molar-refractivity contribution >= 4 is 45.0 Å². The van der Waals surface area contributed by atoms with Gasteiger partial charge in [0.2, 0.25) is 0 Å². The Hall–Kier alpha value is -2.40. The summed E-state index contributed by atoms with van der Waals surface area (Å²) in [4.78, 5) is 15.1. The van der Waals surface area contributed by atoms with Gasteiger partial charge in [-0.1, -0.05) is 28.1 Å². The Morgan fingerprint density at radius 2 is 1.65 bits per heavy atom. The quantitative estimate of drug-likeness (QED) is 0.641. The normalized spacial score (nSPS) is 15.5. The molecule has 0 saturated carbocycles. The molecular formula is C21H22BrN3O. The van der Waals surface area contributed by atoms with Gasteiger partial charge in [0.15, 0.2) is 0 Å². The van der Waals surface area contributed by atoms with Crippen molar-refractivity contribution in [1.29, 1.82) is 0 Å². The maximum Gasteiger partial charge on any atom is 0.280 e. The molecule has 5 heteroatoms.